The number of nitriles is 1. The van der Waals surface area contributed by atoms with Crippen LogP contribution in [0.3, 0.4) is 0 Å². The van der Waals surface area contributed by atoms with Gasteiger partial charge in [-0.25, -0.2) is 17.6 Å². The molecule has 36 heavy (non-hydrogen) atoms. The standard InChI is InChI=1S/C26H21F4N3O3/c1-35-25-13-20(29)19(28)12-18(25)26(34)32-22-10-15(14-31)2-4-23(22)33-8-6-17(7-9-33)36-24-5-3-16(27)11-21(24)30/h2-5,10-13,17H,6-9H2,1H3,(H,32,34). The highest BCUT2D eigenvalue weighted by atomic mass is 19.2. The molecule has 0 saturated carbocycles. The van der Waals surface area contributed by atoms with Gasteiger partial charge in [0.05, 0.1) is 35.7 Å². The lowest BCUT2D eigenvalue weighted by Gasteiger charge is -2.35. The van der Waals surface area contributed by atoms with Gasteiger partial charge in [-0.15, -0.1) is 0 Å². The number of carbonyl (C=O) groups excluding carboxylic acids is 1. The van der Waals surface area contributed by atoms with Crippen LogP contribution in [-0.4, -0.2) is 32.2 Å². The molecular weight excluding hydrogens is 478 g/mol. The Balaban J connectivity index is 1.52. The van der Waals surface area contributed by atoms with Crippen LogP contribution in [0, 0.1) is 34.6 Å². The van der Waals surface area contributed by atoms with E-state index in [9.17, 15) is 27.6 Å². The number of nitrogens with zero attached hydrogens (tertiary/aromatic N) is 2. The molecule has 0 aliphatic carbocycles. The molecule has 10 heteroatoms. The Morgan fingerprint density at radius 1 is 0.972 bits per heavy atom. The van der Waals surface area contributed by atoms with Crippen LogP contribution in [0.5, 0.6) is 11.5 Å². The van der Waals surface area contributed by atoms with E-state index in [2.05, 4.69) is 5.32 Å². The molecule has 0 bridgehead atoms. The number of nitrogens with one attached hydrogen (secondary N) is 1. The maximum atomic E-state index is 13.9. The van der Waals surface area contributed by atoms with E-state index in [0.717, 1.165) is 24.3 Å². The molecule has 3 aromatic carbocycles. The Bertz CT molecular complexity index is 1330. The van der Waals surface area contributed by atoms with E-state index < -0.39 is 29.2 Å². The first-order valence-corrected chi connectivity index (χ1v) is 11.0. The van der Waals surface area contributed by atoms with Crippen molar-refractivity contribution in [2.24, 2.45) is 0 Å². The van der Waals surface area contributed by atoms with Gasteiger partial charge in [0.2, 0.25) is 0 Å². The number of methoxy groups -OCH3 is 1. The summed E-state index contributed by atoms with van der Waals surface area (Å²) >= 11 is 0. The molecule has 0 radical (unpaired) electrons. The highest BCUT2D eigenvalue weighted by Crippen LogP contribution is 2.32. The zero-order valence-electron chi connectivity index (χ0n) is 19.2. The van der Waals surface area contributed by atoms with E-state index >= 15 is 0 Å². The zero-order chi connectivity index (χ0) is 25.8. The van der Waals surface area contributed by atoms with Crippen LogP contribution in [0.25, 0.3) is 0 Å². The van der Waals surface area contributed by atoms with Gasteiger partial charge in [-0.3, -0.25) is 4.79 Å². The van der Waals surface area contributed by atoms with Gasteiger partial charge in [-0.2, -0.15) is 5.26 Å². The second-order valence-electron chi connectivity index (χ2n) is 8.14. The molecule has 1 amide bonds. The molecule has 0 spiro atoms. The molecule has 0 unspecified atom stereocenters. The van der Waals surface area contributed by atoms with Gasteiger partial charge in [-0.1, -0.05) is 0 Å². The molecule has 3 aromatic rings. The Kier molecular flexibility index (Phi) is 7.29. The van der Waals surface area contributed by atoms with Crippen molar-refractivity contribution >= 4 is 17.3 Å². The first-order valence-electron chi connectivity index (χ1n) is 11.0. The normalized spacial score (nSPS) is 13.7. The van der Waals surface area contributed by atoms with Gasteiger partial charge in [0.15, 0.2) is 23.2 Å². The number of benzene rings is 3. The largest absolute Gasteiger partial charge is 0.496 e. The minimum absolute atomic E-state index is 0.0262. The van der Waals surface area contributed by atoms with Crippen LogP contribution >= 0.6 is 0 Å². The SMILES string of the molecule is COc1cc(F)c(F)cc1C(=O)Nc1cc(C#N)ccc1N1CCC(Oc2ccc(F)cc2F)CC1. The van der Waals surface area contributed by atoms with Crippen molar-refractivity contribution in [2.45, 2.75) is 18.9 Å². The molecule has 1 N–H and O–H groups in total. The smallest absolute Gasteiger partial charge is 0.259 e. The number of hydrogen-bond donors (Lipinski definition) is 1. The summed E-state index contributed by atoms with van der Waals surface area (Å²) in [5, 5.41) is 12.0. The summed E-state index contributed by atoms with van der Waals surface area (Å²) in [5.74, 6) is -4.73. The van der Waals surface area contributed by atoms with Gasteiger partial charge in [0, 0.05) is 38.1 Å². The van der Waals surface area contributed by atoms with Crippen LogP contribution in [-0.2, 0) is 0 Å². The van der Waals surface area contributed by atoms with Gasteiger partial charge < -0.3 is 19.7 Å². The third-order valence-corrected chi connectivity index (χ3v) is 5.83. The monoisotopic (exact) mass is 499 g/mol. The average molecular weight is 499 g/mol. The molecule has 4 rings (SSSR count). The van der Waals surface area contributed by atoms with Crippen LogP contribution in [0.15, 0.2) is 48.5 Å². The predicted octanol–water partition coefficient (Wildman–Crippen LogP) is 5.42. The highest BCUT2D eigenvalue weighted by Gasteiger charge is 2.25. The fraction of sp³-hybridized carbons (Fsp3) is 0.231. The van der Waals surface area contributed by atoms with Gasteiger partial charge in [-0.05, 0) is 36.4 Å². The Hall–Kier alpha value is -4.26. The van der Waals surface area contributed by atoms with Crippen molar-refractivity contribution in [3.8, 4) is 17.6 Å². The molecule has 1 aliphatic rings. The molecule has 0 atom stereocenters. The van der Waals surface area contributed by atoms with E-state index in [-0.39, 0.29) is 28.7 Å². The van der Waals surface area contributed by atoms with Crippen molar-refractivity contribution in [2.75, 3.05) is 30.4 Å². The van der Waals surface area contributed by atoms with Crippen molar-refractivity contribution in [1.29, 1.82) is 5.26 Å². The van der Waals surface area contributed by atoms with E-state index in [1.54, 1.807) is 12.1 Å². The van der Waals surface area contributed by atoms with Gasteiger partial charge >= 0.3 is 0 Å². The molecular formula is C26H21F4N3O3. The highest BCUT2D eigenvalue weighted by molar-refractivity contribution is 6.07. The molecule has 1 saturated heterocycles. The Morgan fingerprint density at radius 3 is 2.36 bits per heavy atom. The quantitative estimate of drug-likeness (QED) is 0.459. The van der Waals surface area contributed by atoms with Crippen molar-refractivity contribution in [3.63, 3.8) is 0 Å². The van der Waals surface area contributed by atoms with Gasteiger partial charge in [0.1, 0.15) is 17.7 Å². The average Bonchev–Trinajstić information content (AvgIpc) is 2.87. The van der Waals surface area contributed by atoms with E-state index in [0.29, 0.717) is 37.3 Å². The summed E-state index contributed by atoms with van der Waals surface area (Å²) in [6.45, 7) is 0.966. The number of halogens is 4. The summed E-state index contributed by atoms with van der Waals surface area (Å²) in [5.41, 5.74) is 0.986. The number of carbonyl (C=O) groups is 1. The fourth-order valence-corrected chi connectivity index (χ4v) is 4.01. The van der Waals surface area contributed by atoms with E-state index in [1.807, 2.05) is 11.0 Å². The number of piperidine rings is 1. The number of hydrogen-bond acceptors (Lipinski definition) is 5. The minimum Gasteiger partial charge on any atom is -0.496 e. The molecule has 0 aromatic heterocycles. The zero-order valence-corrected chi connectivity index (χ0v) is 19.2. The van der Waals surface area contributed by atoms with Gasteiger partial charge in [0.25, 0.3) is 5.91 Å². The van der Waals surface area contributed by atoms with E-state index in [4.69, 9.17) is 9.47 Å². The maximum absolute atomic E-state index is 13.9. The van der Waals surface area contributed by atoms with Crippen LogP contribution in [0.4, 0.5) is 28.9 Å². The number of ether oxygens (including phenoxy) is 2. The fourth-order valence-electron chi connectivity index (χ4n) is 4.01. The minimum atomic E-state index is -1.20. The predicted molar refractivity (Wildman–Crippen MR) is 124 cm³/mol. The number of rotatable bonds is 6. The van der Waals surface area contributed by atoms with Crippen LogP contribution in [0.1, 0.15) is 28.8 Å². The second kappa shape index (κ2) is 10.6. The Labute approximate surface area is 204 Å². The molecule has 186 valence electrons. The van der Waals surface area contributed by atoms with E-state index in [1.165, 1.54) is 19.2 Å². The first kappa shape index (κ1) is 24.9. The topological polar surface area (TPSA) is 74.6 Å². The van der Waals surface area contributed by atoms with Crippen molar-refractivity contribution in [3.05, 3.63) is 82.9 Å². The molecule has 1 heterocycles. The summed E-state index contributed by atoms with van der Waals surface area (Å²) in [6, 6.07) is 11.4. The lowest BCUT2D eigenvalue weighted by atomic mass is 10.0. The molecule has 1 aliphatic heterocycles. The third-order valence-electron chi connectivity index (χ3n) is 5.83. The second-order valence-corrected chi connectivity index (χ2v) is 8.14. The first-order chi connectivity index (χ1) is 17.3. The lowest BCUT2D eigenvalue weighted by Crippen LogP contribution is -2.38. The summed E-state index contributed by atoms with van der Waals surface area (Å²) in [6.07, 6.45) is 0.728. The van der Waals surface area contributed by atoms with Crippen LogP contribution < -0.4 is 19.7 Å². The maximum Gasteiger partial charge on any atom is 0.259 e. The van der Waals surface area contributed by atoms with Crippen molar-refractivity contribution < 1.29 is 31.8 Å². The van der Waals surface area contributed by atoms with Crippen molar-refractivity contribution in [1.82, 2.24) is 0 Å². The van der Waals surface area contributed by atoms with Crippen LogP contribution in [0.2, 0.25) is 0 Å². The number of amides is 1. The molecule has 6 nitrogen and oxygen atoms in total. The number of anilines is 2. The third kappa shape index (κ3) is 5.35. The lowest BCUT2D eigenvalue weighted by molar-refractivity contribution is 0.102. The molecule has 1 fully saturated rings. The summed E-state index contributed by atoms with van der Waals surface area (Å²) < 4.78 is 65.2. The summed E-state index contributed by atoms with van der Waals surface area (Å²) in [4.78, 5) is 14.9. The summed E-state index contributed by atoms with van der Waals surface area (Å²) in [7, 11) is 1.23. The Morgan fingerprint density at radius 2 is 1.69 bits per heavy atom.